The number of para-hydroxylation sites is 1. The molecule has 0 unspecified atom stereocenters. The van der Waals surface area contributed by atoms with Crippen molar-refractivity contribution in [3.05, 3.63) is 170 Å². The molecule has 1 aliphatic carbocycles. The van der Waals surface area contributed by atoms with E-state index in [1.807, 2.05) is 0 Å². The molecule has 0 saturated carbocycles. The summed E-state index contributed by atoms with van der Waals surface area (Å²) in [4.78, 5) is 0. The molecule has 0 saturated heterocycles. The van der Waals surface area contributed by atoms with Crippen molar-refractivity contribution in [2.24, 2.45) is 0 Å². The second-order valence-electron chi connectivity index (χ2n) is 13.7. The fourth-order valence-electron chi connectivity index (χ4n) is 9.16. The summed E-state index contributed by atoms with van der Waals surface area (Å²) in [6, 6.07) is 63.0. The Hall–Kier alpha value is -6.64. The quantitative estimate of drug-likeness (QED) is 0.179. The van der Waals surface area contributed by atoms with Crippen LogP contribution in [0.1, 0.15) is 0 Å². The van der Waals surface area contributed by atoms with E-state index < -0.39 is 0 Å². The smallest absolute Gasteiger partial charge is 0.0641 e. The molecule has 0 amide bonds. The molecule has 0 spiro atoms. The number of fused-ring (bicyclic) bond motifs is 13. The van der Waals surface area contributed by atoms with Crippen molar-refractivity contribution >= 4 is 75.9 Å². The van der Waals surface area contributed by atoms with Crippen LogP contribution in [0.15, 0.2) is 170 Å². The highest BCUT2D eigenvalue weighted by atomic mass is 15.0. The van der Waals surface area contributed by atoms with Crippen LogP contribution < -0.4 is 0 Å². The largest absolute Gasteiger partial charge is 0.309 e. The van der Waals surface area contributed by atoms with Gasteiger partial charge in [0.1, 0.15) is 0 Å². The molecule has 0 fully saturated rings. The van der Waals surface area contributed by atoms with Gasteiger partial charge in [0.15, 0.2) is 0 Å². The molecule has 0 bridgehead atoms. The van der Waals surface area contributed by atoms with Crippen molar-refractivity contribution in [1.29, 1.82) is 0 Å². The van der Waals surface area contributed by atoms with Gasteiger partial charge in [-0.05, 0) is 74.1 Å². The number of hydrogen-bond donors (Lipinski definition) is 0. The minimum Gasteiger partial charge on any atom is -0.309 e. The molecule has 1 aliphatic rings. The van der Waals surface area contributed by atoms with Crippen LogP contribution in [0.2, 0.25) is 0 Å². The lowest BCUT2D eigenvalue weighted by Crippen LogP contribution is -1.97. The molecule has 12 rings (SSSR count). The topological polar surface area (TPSA) is 9.86 Å². The van der Waals surface area contributed by atoms with Gasteiger partial charge < -0.3 is 9.13 Å². The van der Waals surface area contributed by atoms with E-state index in [1.165, 1.54) is 110 Å². The molecule has 11 aromatic rings. The highest BCUT2D eigenvalue weighted by molar-refractivity contribution is 6.29. The van der Waals surface area contributed by atoms with E-state index in [2.05, 4.69) is 179 Å². The zero-order chi connectivity index (χ0) is 32.5. The first-order chi connectivity index (χ1) is 24.8. The molecule has 2 aromatic heterocycles. The van der Waals surface area contributed by atoms with Crippen molar-refractivity contribution < 1.29 is 0 Å². The Bertz CT molecular complexity index is 3250. The summed E-state index contributed by atoms with van der Waals surface area (Å²) >= 11 is 0. The van der Waals surface area contributed by atoms with Gasteiger partial charge in [-0.15, -0.1) is 0 Å². The number of rotatable bonds is 2. The lowest BCUT2D eigenvalue weighted by Gasteiger charge is -2.14. The predicted octanol–water partition coefficient (Wildman–Crippen LogP) is 13.0. The van der Waals surface area contributed by atoms with Crippen molar-refractivity contribution in [2.75, 3.05) is 0 Å². The van der Waals surface area contributed by atoms with Crippen LogP contribution in [0.25, 0.3) is 110 Å². The summed E-state index contributed by atoms with van der Waals surface area (Å²) in [5.74, 6) is 0. The fourth-order valence-corrected chi connectivity index (χ4v) is 9.16. The van der Waals surface area contributed by atoms with E-state index in [1.54, 1.807) is 0 Å². The molecular formula is C48H28N2. The van der Waals surface area contributed by atoms with Crippen LogP contribution in [-0.4, -0.2) is 9.13 Å². The van der Waals surface area contributed by atoms with E-state index in [4.69, 9.17) is 0 Å². The van der Waals surface area contributed by atoms with Gasteiger partial charge in [0.2, 0.25) is 0 Å². The van der Waals surface area contributed by atoms with Crippen LogP contribution in [0, 0.1) is 0 Å². The summed E-state index contributed by atoms with van der Waals surface area (Å²) < 4.78 is 5.05. The second kappa shape index (κ2) is 9.49. The number of benzene rings is 9. The molecular weight excluding hydrogens is 605 g/mol. The molecule has 0 atom stereocenters. The molecule has 0 aliphatic heterocycles. The summed E-state index contributed by atoms with van der Waals surface area (Å²) in [6.45, 7) is 0. The Morgan fingerprint density at radius 1 is 0.300 bits per heavy atom. The molecule has 2 heterocycles. The first-order valence-corrected chi connectivity index (χ1v) is 17.4. The molecule has 230 valence electrons. The van der Waals surface area contributed by atoms with Crippen LogP contribution in [0.3, 0.4) is 0 Å². The highest BCUT2D eigenvalue weighted by Crippen LogP contribution is 2.49. The van der Waals surface area contributed by atoms with Crippen molar-refractivity contribution in [1.82, 2.24) is 9.13 Å². The average molecular weight is 633 g/mol. The lowest BCUT2D eigenvalue weighted by molar-refractivity contribution is 1.18. The second-order valence-corrected chi connectivity index (χ2v) is 13.7. The normalized spacial score (nSPS) is 12.4. The molecule has 0 radical (unpaired) electrons. The maximum Gasteiger partial charge on any atom is 0.0641 e. The van der Waals surface area contributed by atoms with E-state index in [9.17, 15) is 0 Å². The summed E-state index contributed by atoms with van der Waals surface area (Å²) in [5, 5.41) is 12.7. The van der Waals surface area contributed by atoms with Crippen LogP contribution in [0.4, 0.5) is 0 Å². The summed E-state index contributed by atoms with van der Waals surface area (Å²) in [6.07, 6.45) is 0. The Labute approximate surface area is 287 Å². The Kier molecular flexibility index (Phi) is 5.00. The third kappa shape index (κ3) is 3.28. The number of nitrogens with zero attached hydrogens (tertiary/aromatic N) is 2. The van der Waals surface area contributed by atoms with Gasteiger partial charge in [-0.3, -0.25) is 0 Å². The highest BCUT2D eigenvalue weighted by Gasteiger charge is 2.25. The molecule has 2 heteroatoms. The van der Waals surface area contributed by atoms with Gasteiger partial charge in [0.25, 0.3) is 0 Å². The molecule has 0 N–H and O–H groups in total. The van der Waals surface area contributed by atoms with Gasteiger partial charge in [-0.1, -0.05) is 140 Å². The lowest BCUT2D eigenvalue weighted by atomic mass is 10.0. The average Bonchev–Trinajstić information content (AvgIpc) is 3.81. The molecule has 2 nitrogen and oxygen atoms in total. The third-order valence-corrected chi connectivity index (χ3v) is 11.2. The standard InChI is InChI=1S/C48H28N2/c1-3-15-33-29(10-1)12-9-21-42(33)50-47-34-16-4-2-11-30(34)22-24-38(47)39-26-27-44-46(48(39)50)40-17-5-6-20-43(40)49(44)32-23-25-35-36-18-7-13-31-14-8-19-37(45(31)36)41(35)28-32/h1-28H. The SMILES string of the molecule is c1ccc2c(-n3c4c5ccccc5ccc4c4ccc5c(c6ccccc6n5-c5ccc6c(c5)-c5cccc7cccc-6c57)c43)cccc2c1. The minimum absolute atomic E-state index is 1.18. The van der Waals surface area contributed by atoms with Gasteiger partial charge in [-0.25, -0.2) is 0 Å². The van der Waals surface area contributed by atoms with Gasteiger partial charge in [-0.2, -0.15) is 0 Å². The summed E-state index contributed by atoms with van der Waals surface area (Å²) in [7, 11) is 0. The van der Waals surface area contributed by atoms with Crippen LogP contribution in [-0.2, 0) is 0 Å². The minimum atomic E-state index is 1.18. The predicted molar refractivity (Wildman–Crippen MR) is 212 cm³/mol. The first-order valence-electron chi connectivity index (χ1n) is 17.4. The van der Waals surface area contributed by atoms with Gasteiger partial charge in [0, 0.05) is 38.0 Å². The van der Waals surface area contributed by atoms with E-state index >= 15 is 0 Å². The Morgan fingerprint density at radius 3 is 1.80 bits per heavy atom. The monoisotopic (exact) mass is 632 g/mol. The first kappa shape index (κ1) is 26.3. The van der Waals surface area contributed by atoms with Crippen molar-refractivity contribution in [2.45, 2.75) is 0 Å². The Balaban J connectivity index is 1.25. The zero-order valence-electron chi connectivity index (χ0n) is 27.1. The number of aromatic nitrogens is 2. The fraction of sp³-hybridized carbons (Fsp3) is 0. The third-order valence-electron chi connectivity index (χ3n) is 11.2. The van der Waals surface area contributed by atoms with Crippen molar-refractivity contribution in [3.63, 3.8) is 0 Å². The van der Waals surface area contributed by atoms with Crippen LogP contribution >= 0.6 is 0 Å². The molecule has 50 heavy (non-hydrogen) atoms. The van der Waals surface area contributed by atoms with Crippen molar-refractivity contribution in [3.8, 4) is 33.6 Å². The van der Waals surface area contributed by atoms with Gasteiger partial charge in [0.05, 0.1) is 27.8 Å². The van der Waals surface area contributed by atoms with Crippen LogP contribution in [0.5, 0.6) is 0 Å². The molecule has 9 aromatic carbocycles. The van der Waals surface area contributed by atoms with E-state index in [-0.39, 0.29) is 0 Å². The van der Waals surface area contributed by atoms with E-state index in [0.717, 1.165) is 0 Å². The number of hydrogen-bond acceptors (Lipinski definition) is 0. The maximum atomic E-state index is 2.56. The Morgan fingerprint density at radius 2 is 0.940 bits per heavy atom. The zero-order valence-corrected chi connectivity index (χ0v) is 27.1. The summed E-state index contributed by atoms with van der Waals surface area (Å²) in [5.41, 5.74) is 12.6. The van der Waals surface area contributed by atoms with Gasteiger partial charge >= 0.3 is 0 Å². The van der Waals surface area contributed by atoms with E-state index in [0.29, 0.717) is 0 Å². The maximum absolute atomic E-state index is 2.56.